The monoisotopic (exact) mass is 271 g/mol. The Kier molecular flexibility index (Phi) is 3.51. The van der Waals surface area contributed by atoms with Gasteiger partial charge in [-0.25, -0.2) is 13.4 Å². The Labute approximate surface area is 109 Å². The van der Waals surface area contributed by atoms with Crippen LogP contribution in [0.1, 0.15) is 38.9 Å². The molecule has 1 aliphatic rings. The third kappa shape index (κ3) is 2.19. The minimum absolute atomic E-state index is 0.155. The zero-order valence-corrected chi connectivity index (χ0v) is 12.0. The van der Waals surface area contributed by atoms with Gasteiger partial charge in [-0.05, 0) is 31.6 Å². The first-order valence-corrected chi connectivity index (χ1v) is 7.89. The molecule has 0 atom stereocenters. The van der Waals surface area contributed by atoms with Crippen molar-refractivity contribution in [3.63, 3.8) is 0 Å². The first-order valence-electron chi connectivity index (χ1n) is 6.45. The third-order valence-corrected chi connectivity index (χ3v) is 5.96. The number of sulfonamides is 1. The van der Waals surface area contributed by atoms with Crippen LogP contribution in [0.3, 0.4) is 0 Å². The first kappa shape index (κ1) is 13.5. The van der Waals surface area contributed by atoms with Crippen molar-refractivity contribution in [3.8, 4) is 0 Å². The van der Waals surface area contributed by atoms with Crippen LogP contribution in [0.15, 0.2) is 11.2 Å². The lowest BCUT2D eigenvalue weighted by Gasteiger charge is -2.25. The largest absolute Gasteiger partial charge is 0.332 e. The first-order chi connectivity index (χ1) is 8.43. The van der Waals surface area contributed by atoms with Crippen molar-refractivity contribution in [2.75, 3.05) is 13.1 Å². The molecule has 0 bridgehead atoms. The summed E-state index contributed by atoms with van der Waals surface area (Å²) in [6, 6.07) is 0. The number of nitrogens with one attached hydrogen (secondary N) is 1. The van der Waals surface area contributed by atoms with Crippen molar-refractivity contribution in [3.05, 3.63) is 12.0 Å². The van der Waals surface area contributed by atoms with E-state index < -0.39 is 10.0 Å². The molecule has 18 heavy (non-hydrogen) atoms. The molecule has 102 valence electrons. The molecule has 1 saturated heterocycles. The number of aryl methyl sites for hydroxylation is 1. The molecule has 1 aromatic rings. The van der Waals surface area contributed by atoms with Gasteiger partial charge in [0.25, 0.3) is 10.0 Å². The second-order valence-corrected chi connectivity index (χ2v) is 7.03. The van der Waals surface area contributed by atoms with Gasteiger partial charge in [-0.2, -0.15) is 4.31 Å². The maximum absolute atomic E-state index is 12.4. The standard InChI is InChI=1S/C12H21N3O2S/c1-4-12(5-2)6-7-15(9-12)18(16,17)11-8-13-10(3)14-11/h8H,4-7,9H2,1-3H3,(H,13,14). The van der Waals surface area contributed by atoms with Gasteiger partial charge in [0.2, 0.25) is 0 Å². The van der Waals surface area contributed by atoms with Gasteiger partial charge in [-0.15, -0.1) is 0 Å². The van der Waals surface area contributed by atoms with E-state index in [1.807, 2.05) is 0 Å². The molecule has 0 saturated carbocycles. The van der Waals surface area contributed by atoms with Crippen LogP contribution in [0.4, 0.5) is 0 Å². The molecule has 0 amide bonds. The fraction of sp³-hybridized carbons (Fsp3) is 0.750. The lowest BCUT2D eigenvalue weighted by molar-refractivity contribution is 0.279. The normalized spacial score (nSPS) is 20.4. The molecule has 0 aliphatic carbocycles. The van der Waals surface area contributed by atoms with Crippen molar-refractivity contribution < 1.29 is 8.42 Å². The minimum Gasteiger partial charge on any atom is -0.332 e. The van der Waals surface area contributed by atoms with Crippen LogP contribution in [0, 0.1) is 12.3 Å². The molecule has 1 aliphatic heterocycles. The molecular weight excluding hydrogens is 250 g/mol. The van der Waals surface area contributed by atoms with Crippen LogP contribution in [0.2, 0.25) is 0 Å². The van der Waals surface area contributed by atoms with E-state index in [2.05, 4.69) is 23.8 Å². The van der Waals surface area contributed by atoms with Gasteiger partial charge in [0.05, 0.1) is 6.20 Å². The van der Waals surface area contributed by atoms with Crippen LogP contribution in [0.5, 0.6) is 0 Å². The summed E-state index contributed by atoms with van der Waals surface area (Å²) in [6.45, 7) is 7.27. The summed E-state index contributed by atoms with van der Waals surface area (Å²) < 4.78 is 26.4. The molecule has 1 aromatic heterocycles. The Morgan fingerprint density at radius 3 is 2.56 bits per heavy atom. The summed E-state index contributed by atoms with van der Waals surface area (Å²) in [5.41, 5.74) is 0.155. The molecule has 6 heteroatoms. The van der Waals surface area contributed by atoms with Gasteiger partial charge < -0.3 is 4.98 Å². The molecule has 0 radical (unpaired) electrons. The Morgan fingerprint density at radius 1 is 1.44 bits per heavy atom. The SMILES string of the molecule is CCC1(CC)CCN(S(=O)(=O)c2cnc(C)[nH]2)C1. The molecule has 5 nitrogen and oxygen atoms in total. The third-order valence-electron chi connectivity index (χ3n) is 4.20. The summed E-state index contributed by atoms with van der Waals surface area (Å²) in [5.74, 6) is 0.630. The zero-order chi connectivity index (χ0) is 13.4. The molecule has 2 heterocycles. The van der Waals surface area contributed by atoms with Crippen molar-refractivity contribution >= 4 is 10.0 Å². The molecule has 0 spiro atoms. The smallest absolute Gasteiger partial charge is 0.260 e. The highest BCUT2D eigenvalue weighted by Gasteiger charge is 2.41. The van der Waals surface area contributed by atoms with E-state index in [0.29, 0.717) is 18.9 Å². The number of nitrogens with zero attached hydrogens (tertiary/aromatic N) is 2. The van der Waals surface area contributed by atoms with Gasteiger partial charge >= 0.3 is 0 Å². The highest BCUT2D eigenvalue weighted by molar-refractivity contribution is 7.89. The minimum atomic E-state index is -3.39. The summed E-state index contributed by atoms with van der Waals surface area (Å²) in [7, 11) is -3.39. The van der Waals surface area contributed by atoms with Gasteiger partial charge in [-0.3, -0.25) is 0 Å². The topological polar surface area (TPSA) is 66.1 Å². The Hall–Kier alpha value is -0.880. The van der Waals surface area contributed by atoms with E-state index in [0.717, 1.165) is 19.3 Å². The van der Waals surface area contributed by atoms with Crippen molar-refractivity contribution in [1.82, 2.24) is 14.3 Å². The molecule has 1 N–H and O–H groups in total. The summed E-state index contributed by atoms with van der Waals surface area (Å²) in [5, 5.41) is 0.211. The Morgan fingerprint density at radius 2 is 2.11 bits per heavy atom. The van der Waals surface area contributed by atoms with E-state index in [1.165, 1.54) is 6.20 Å². The number of aromatic nitrogens is 2. The van der Waals surface area contributed by atoms with Gasteiger partial charge in [-0.1, -0.05) is 13.8 Å². The van der Waals surface area contributed by atoms with Crippen LogP contribution < -0.4 is 0 Å². The number of hydrogen-bond acceptors (Lipinski definition) is 3. The number of rotatable bonds is 4. The lowest BCUT2D eigenvalue weighted by atomic mass is 9.82. The van der Waals surface area contributed by atoms with E-state index >= 15 is 0 Å². The van der Waals surface area contributed by atoms with Crippen LogP contribution in [-0.4, -0.2) is 35.8 Å². The fourth-order valence-corrected chi connectivity index (χ4v) is 4.11. The van der Waals surface area contributed by atoms with E-state index in [4.69, 9.17) is 0 Å². The number of H-pyrrole nitrogens is 1. The van der Waals surface area contributed by atoms with Crippen LogP contribution in [-0.2, 0) is 10.0 Å². The predicted molar refractivity (Wildman–Crippen MR) is 69.7 cm³/mol. The number of imidazole rings is 1. The second kappa shape index (κ2) is 4.66. The van der Waals surface area contributed by atoms with Crippen molar-refractivity contribution in [2.24, 2.45) is 5.41 Å². The Bertz CT molecular complexity index is 517. The summed E-state index contributed by atoms with van der Waals surface area (Å²) in [6.07, 6.45) is 4.41. The molecule has 0 aromatic carbocycles. The van der Waals surface area contributed by atoms with E-state index in [1.54, 1.807) is 11.2 Å². The fourth-order valence-electron chi connectivity index (χ4n) is 2.59. The van der Waals surface area contributed by atoms with Crippen molar-refractivity contribution in [1.29, 1.82) is 0 Å². The predicted octanol–water partition coefficient (Wildman–Crippen LogP) is 1.92. The quantitative estimate of drug-likeness (QED) is 0.909. The number of aromatic amines is 1. The molecule has 0 unspecified atom stereocenters. The number of hydrogen-bond donors (Lipinski definition) is 1. The maximum Gasteiger partial charge on any atom is 0.260 e. The summed E-state index contributed by atoms with van der Waals surface area (Å²) >= 11 is 0. The van der Waals surface area contributed by atoms with Gasteiger partial charge in [0, 0.05) is 13.1 Å². The molecular formula is C12H21N3O2S. The van der Waals surface area contributed by atoms with E-state index in [9.17, 15) is 8.42 Å². The highest BCUT2D eigenvalue weighted by atomic mass is 32.2. The maximum atomic E-state index is 12.4. The highest BCUT2D eigenvalue weighted by Crippen LogP contribution is 2.38. The second-order valence-electron chi connectivity index (χ2n) is 5.13. The van der Waals surface area contributed by atoms with Crippen molar-refractivity contribution in [2.45, 2.75) is 45.1 Å². The van der Waals surface area contributed by atoms with Gasteiger partial charge in [0.15, 0.2) is 5.03 Å². The zero-order valence-electron chi connectivity index (χ0n) is 11.2. The average Bonchev–Trinajstić information content (AvgIpc) is 2.96. The van der Waals surface area contributed by atoms with Crippen LogP contribution in [0.25, 0.3) is 0 Å². The molecule has 2 rings (SSSR count). The van der Waals surface area contributed by atoms with Crippen LogP contribution >= 0.6 is 0 Å². The lowest BCUT2D eigenvalue weighted by Crippen LogP contribution is -2.32. The summed E-state index contributed by atoms with van der Waals surface area (Å²) in [4.78, 5) is 6.79. The average molecular weight is 271 g/mol. The Balaban J connectivity index is 2.24. The van der Waals surface area contributed by atoms with Gasteiger partial charge in [0.1, 0.15) is 5.82 Å². The van der Waals surface area contributed by atoms with E-state index in [-0.39, 0.29) is 10.4 Å². The molecule has 1 fully saturated rings.